The molecule has 0 aromatic heterocycles. The van der Waals surface area contributed by atoms with Gasteiger partial charge in [0, 0.05) is 0 Å². The van der Waals surface area contributed by atoms with Gasteiger partial charge >= 0.3 is 8.53 Å². The summed E-state index contributed by atoms with van der Waals surface area (Å²) in [4.78, 5) is 0. The molecule has 0 saturated carbocycles. The summed E-state index contributed by atoms with van der Waals surface area (Å²) in [5, 5.41) is 0. The fraction of sp³-hybridized carbons (Fsp3) is 0. The minimum absolute atomic E-state index is 0.541. The lowest BCUT2D eigenvalue weighted by Crippen LogP contribution is -2.00. The van der Waals surface area contributed by atoms with Crippen molar-refractivity contribution in [3.63, 3.8) is 0 Å². The van der Waals surface area contributed by atoms with Crippen molar-refractivity contribution in [2.24, 2.45) is 5.50 Å². The van der Waals surface area contributed by atoms with Crippen LogP contribution < -0.4 is 10.0 Å². The van der Waals surface area contributed by atoms with Crippen LogP contribution in [-0.4, -0.2) is 0 Å². The minimum Gasteiger partial charge on any atom is -0.427 e. The fourth-order valence-electron chi connectivity index (χ4n) is 0.960. The van der Waals surface area contributed by atoms with Crippen LogP contribution in [0.4, 0.5) is 0 Å². The third-order valence-electron chi connectivity index (χ3n) is 1.62. The molecule has 0 saturated heterocycles. The maximum absolute atomic E-state index is 5.71. The van der Waals surface area contributed by atoms with Crippen molar-refractivity contribution in [3.8, 4) is 5.75 Å². The monoisotopic (exact) mass is 235 g/mol. The summed E-state index contributed by atoms with van der Waals surface area (Å²) in [6.45, 7) is 7.16. The van der Waals surface area contributed by atoms with Crippen LogP contribution in [-0.2, 0) is 4.52 Å². The summed E-state index contributed by atoms with van der Waals surface area (Å²) in [7, 11) is -1.50. The molecule has 1 atom stereocenters. The van der Waals surface area contributed by atoms with E-state index in [1.807, 2.05) is 30.3 Å². The molecule has 1 aromatic rings. The Kier molecular flexibility index (Phi) is 5.34. The first-order valence-electron chi connectivity index (χ1n) is 4.67. The zero-order chi connectivity index (χ0) is 11.8. The molecule has 0 aliphatic heterocycles. The second kappa shape index (κ2) is 6.83. The van der Waals surface area contributed by atoms with Gasteiger partial charge in [-0.05, 0) is 24.3 Å². The number of hydrogen-bond acceptors (Lipinski definition) is 3. The van der Waals surface area contributed by atoms with Gasteiger partial charge in [0.15, 0.2) is 0 Å². The smallest absolute Gasteiger partial charge is 0.378 e. The zero-order valence-corrected chi connectivity index (χ0v) is 9.77. The van der Waals surface area contributed by atoms with Crippen molar-refractivity contribution in [1.29, 1.82) is 0 Å². The summed E-state index contributed by atoms with van der Waals surface area (Å²) in [6, 6.07) is 9.27. The highest BCUT2D eigenvalue weighted by molar-refractivity contribution is 7.45. The van der Waals surface area contributed by atoms with E-state index >= 15 is 0 Å². The SMILES string of the molecule is C=C/C=C(\C=C)OP(N)Oc1ccccc1. The first-order valence-corrected chi connectivity index (χ1v) is 5.92. The lowest BCUT2D eigenvalue weighted by Gasteiger charge is -2.13. The van der Waals surface area contributed by atoms with Crippen molar-refractivity contribution in [3.05, 3.63) is 67.5 Å². The molecule has 0 bridgehead atoms. The zero-order valence-electron chi connectivity index (χ0n) is 8.87. The third-order valence-corrected chi connectivity index (χ3v) is 2.40. The number of allylic oxidation sites excluding steroid dienone is 3. The Hall–Kier alpha value is -1.57. The van der Waals surface area contributed by atoms with Gasteiger partial charge < -0.3 is 9.05 Å². The Balaban J connectivity index is 2.53. The standard InChI is InChI=1S/C12H14NO2P/c1-3-8-11(4-2)14-16(13)15-12-9-6-5-7-10-12/h3-10H,1-2,13H2/b11-8+. The number of rotatable bonds is 6. The van der Waals surface area contributed by atoms with Crippen molar-refractivity contribution in [1.82, 2.24) is 0 Å². The van der Waals surface area contributed by atoms with E-state index in [1.54, 1.807) is 18.2 Å². The molecule has 0 amide bonds. The highest BCUT2D eigenvalue weighted by Gasteiger charge is 2.08. The molecule has 1 rings (SSSR count). The highest BCUT2D eigenvalue weighted by atomic mass is 31.2. The molecule has 0 aliphatic rings. The molecular formula is C12H14NO2P. The maximum Gasteiger partial charge on any atom is 0.378 e. The molecule has 0 heterocycles. The molecule has 1 unspecified atom stereocenters. The first-order chi connectivity index (χ1) is 7.76. The minimum atomic E-state index is -1.50. The summed E-state index contributed by atoms with van der Waals surface area (Å²) in [5.74, 6) is 1.22. The van der Waals surface area contributed by atoms with Crippen molar-refractivity contribution >= 4 is 8.53 Å². The van der Waals surface area contributed by atoms with Gasteiger partial charge in [-0.1, -0.05) is 37.4 Å². The van der Waals surface area contributed by atoms with Gasteiger partial charge in [0.1, 0.15) is 11.5 Å². The van der Waals surface area contributed by atoms with Gasteiger partial charge in [-0.3, -0.25) is 0 Å². The number of para-hydroxylation sites is 1. The normalized spacial score (nSPS) is 12.7. The molecule has 1 aromatic carbocycles. The van der Waals surface area contributed by atoms with E-state index < -0.39 is 8.53 Å². The molecule has 0 spiro atoms. The molecular weight excluding hydrogens is 221 g/mol. The molecule has 0 aliphatic carbocycles. The second-order valence-corrected chi connectivity index (χ2v) is 3.73. The Bertz CT molecular complexity index is 376. The van der Waals surface area contributed by atoms with Crippen molar-refractivity contribution < 1.29 is 9.05 Å². The molecule has 84 valence electrons. The van der Waals surface area contributed by atoms with E-state index in [1.165, 1.54) is 0 Å². The molecule has 4 heteroatoms. The fourth-order valence-corrected chi connectivity index (χ4v) is 1.67. The summed E-state index contributed by atoms with van der Waals surface area (Å²) in [5.41, 5.74) is 5.71. The largest absolute Gasteiger partial charge is 0.427 e. The Morgan fingerprint density at radius 3 is 2.50 bits per heavy atom. The lowest BCUT2D eigenvalue weighted by molar-refractivity contribution is 0.419. The highest BCUT2D eigenvalue weighted by Crippen LogP contribution is 2.34. The number of nitrogens with two attached hydrogens (primary N) is 1. The van der Waals surface area contributed by atoms with Gasteiger partial charge in [-0.2, -0.15) is 0 Å². The molecule has 0 radical (unpaired) electrons. The van der Waals surface area contributed by atoms with Crippen LogP contribution in [0, 0.1) is 0 Å². The Morgan fingerprint density at radius 2 is 1.94 bits per heavy atom. The average molecular weight is 235 g/mol. The lowest BCUT2D eigenvalue weighted by atomic mass is 10.3. The first kappa shape index (κ1) is 12.5. The molecule has 0 fully saturated rings. The topological polar surface area (TPSA) is 44.5 Å². The predicted octanol–water partition coefficient (Wildman–Crippen LogP) is 3.52. The van der Waals surface area contributed by atoms with E-state index in [0.29, 0.717) is 11.5 Å². The van der Waals surface area contributed by atoms with Crippen LogP contribution in [0.25, 0.3) is 0 Å². The van der Waals surface area contributed by atoms with Gasteiger partial charge in [0.2, 0.25) is 0 Å². The van der Waals surface area contributed by atoms with E-state index in [0.717, 1.165) is 0 Å². The third kappa shape index (κ3) is 4.30. The summed E-state index contributed by atoms with van der Waals surface area (Å²) < 4.78 is 10.7. The Morgan fingerprint density at radius 1 is 1.25 bits per heavy atom. The van der Waals surface area contributed by atoms with Crippen LogP contribution in [0.5, 0.6) is 5.75 Å². The van der Waals surface area contributed by atoms with Crippen LogP contribution in [0.15, 0.2) is 67.5 Å². The number of hydrogen-bond donors (Lipinski definition) is 1. The van der Waals surface area contributed by atoms with E-state index in [2.05, 4.69) is 13.2 Å². The van der Waals surface area contributed by atoms with Gasteiger partial charge in [-0.25, -0.2) is 5.50 Å². The van der Waals surface area contributed by atoms with Crippen LogP contribution in [0.3, 0.4) is 0 Å². The van der Waals surface area contributed by atoms with Crippen LogP contribution in [0.2, 0.25) is 0 Å². The molecule has 3 nitrogen and oxygen atoms in total. The van der Waals surface area contributed by atoms with E-state index in [9.17, 15) is 0 Å². The van der Waals surface area contributed by atoms with E-state index in [4.69, 9.17) is 14.6 Å². The van der Waals surface area contributed by atoms with Gasteiger partial charge in [0.25, 0.3) is 0 Å². The second-order valence-electron chi connectivity index (χ2n) is 2.79. The summed E-state index contributed by atoms with van der Waals surface area (Å²) in [6.07, 6.45) is 4.82. The van der Waals surface area contributed by atoms with E-state index in [-0.39, 0.29) is 0 Å². The van der Waals surface area contributed by atoms with Crippen molar-refractivity contribution in [2.75, 3.05) is 0 Å². The Labute approximate surface area is 96.8 Å². The molecule has 16 heavy (non-hydrogen) atoms. The van der Waals surface area contributed by atoms with Crippen LogP contribution in [0.1, 0.15) is 0 Å². The predicted molar refractivity (Wildman–Crippen MR) is 67.7 cm³/mol. The summed E-state index contributed by atoms with van der Waals surface area (Å²) >= 11 is 0. The maximum atomic E-state index is 5.71. The number of benzene rings is 1. The van der Waals surface area contributed by atoms with Gasteiger partial charge in [0.05, 0.1) is 0 Å². The van der Waals surface area contributed by atoms with Crippen molar-refractivity contribution in [2.45, 2.75) is 0 Å². The molecule has 2 N–H and O–H groups in total. The van der Waals surface area contributed by atoms with Gasteiger partial charge in [-0.15, -0.1) is 0 Å². The van der Waals surface area contributed by atoms with Crippen LogP contribution >= 0.6 is 8.53 Å². The average Bonchev–Trinajstić information content (AvgIpc) is 2.29. The quantitative estimate of drug-likeness (QED) is 0.466.